The van der Waals surface area contributed by atoms with E-state index in [1.165, 1.54) is 0 Å². The van der Waals surface area contributed by atoms with E-state index in [0.717, 1.165) is 17.1 Å². The molecular formula is C12H16O4. The number of aliphatic hydroxyl groups excluding tert-OH is 1. The number of hydrogen-bond acceptors (Lipinski definition) is 4. The van der Waals surface area contributed by atoms with Crippen LogP contribution in [0.3, 0.4) is 0 Å². The standard InChI is InChI=1S/C12H16O4/c1-9(14-6-2-5-13)10-3-4-11-12(7-10)16-8-15-11/h3-4,7,9,13H,2,5-6,8H2,1H3. The average Bonchev–Trinajstić information content (AvgIpc) is 2.76. The average molecular weight is 224 g/mol. The summed E-state index contributed by atoms with van der Waals surface area (Å²) in [7, 11) is 0. The van der Waals surface area contributed by atoms with Gasteiger partial charge < -0.3 is 19.3 Å². The van der Waals surface area contributed by atoms with E-state index in [-0.39, 0.29) is 12.7 Å². The van der Waals surface area contributed by atoms with Gasteiger partial charge in [0.2, 0.25) is 6.79 Å². The SMILES string of the molecule is CC(OCCCO)c1ccc2c(c1)OCO2. The molecule has 0 saturated carbocycles. The maximum atomic E-state index is 8.66. The molecule has 1 N–H and O–H groups in total. The number of fused-ring (bicyclic) bond motifs is 1. The summed E-state index contributed by atoms with van der Waals surface area (Å²) in [5.41, 5.74) is 1.06. The third-order valence-electron chi connectivity index (χ3n) is 2.54. The molecule has 1 aromatic rings. The van der Waals surface area contributed by atoms with Gasteiger partial charge in [-0.05, 0) is 31.0 Å². The minimum Gasteiger partial charge on any atom is -0.454 e. The molecular weight excluding hydrogens is 208 g/mol. The van der Waals surface area contributed by atoms with Crippen molar-refractivity contribution in [2.75, 3.05) is 20.0 Å². The van der Waals surface area contributed by atoms with Gasteiger partial charge in [-0.3, -0.25) is 0 Å². The third kappa shape index (κ3) is 2.46. The lowest BCUT2D eigenvalue weighted by molar-refractivity contribution is 0.0552. The number of ether oxygens (including phenoxy) is 3. The van der Waals surface area contributed by atoms with E-state index in [1.54, 1.807) is 0 Å². The molecule has 0 radical (unpaired) electrons. The maximum absolute atomic E-state index is 8.66. The van der Waals surface area contributed by atoms with Crippen LogP contribution in [0.1, 0.15) is 25.0 Å². The van der Waals surface area contributed by atoms with Gasteiger partial charge in [-0.15, -0.1) is 0 Å². The van der Waals surface area contributed by atoms with E-state index in [2.05, 4.69) is 0 Å². The molecule has 16 heavy (non-hydrogen) atoms. The number of rotatable bonds is 5. The summed E-state index contributed by atoms with van der Waals surface area (Å²) in [6, 6.07) is 5.80. The second-order valence-electron chi connectivity index (χ2n) is 3.70. The van der Waals surface area contributed by atoms with Crippen LogP contribution in [0.4, 0.5) is 0 Å². The topological polar surface area (TPSA) is 47.9 Å². The van der Waals surface area contributed by atoms with Gasteiger partial charge in [-0.2, -0.15) is 0 Å². The zero-order chi connectivity index (χ0) is 11.4. The smallest absolute Gasteiger partial charge is 0.231 e. The summed E-state index contributed by atoms with van der Waals surface area (Å²) < 4.78 is 16.1. The van der Waals surface area contributed by atoms with Crippen molar-refractivity contribution in [2.45, 2.75) is 19.4 Å². The Balaban J connectivity index is 1.98. The summed E-state index contributed by atoms with van der Waals surface area (Å²) in [5, 5.41) is 8.66. The first kappa shape index (κ1) is 11.2. The molecule has 0 aromatic heterocycles. The van der Waals surface area contributed by atoms with Crippen LogP contribution in [0.15, 0.2) is 18.2 Å². The van der Waals surface area contributed by atoms with Crippen molar-refractivity contribution in [3.05, 3.63) is 23.8 Å². The van der Waals surface area contributed by atoms with Gasteiger partial charge in [0.15, 0.2) is 11.5 Å². The Labute approximate surface area is 94.8 Å². The number of aliphatic hydroxyl groups is 1. The Morgan fingerprint density at radius 2 is 2.19 bits per heavy atom. The van der Waals surface area contributed by atoms with E-state index in [1.807, 2.05) is 25.1 Å². The molecule has 0 saturated heterocycles. The quantitative estimate of drug-likeness (QED) is 0.776. The highest BCUT2D eigenvalue weighted by Gasteiger charge is 2.15. The Kier molecular flexibility index (Phi) is 3.64. The molecule has 4 heteroatoms. The first-order chi connectivity index (χ1) is 7.81. The largest absolute Gasteiger partial charge is 0.454 e. The van der Waals surface area contributed by atoms with Gasteiger partial charge in [-0.25, -0.2) is 0 Å². The van der Waals surface area contributed by atoms with Crippen LogP contribution in [0.2, 0.25) is 0 Å². The molecule has 0 fully saturated rings. The summed E-state index contributed by atoms with van der Waals surface area (Å²) >= 11 is 0. The molecule has 2 rings (SSSR count). The van der Waals surface area contributed by atoms with Crippen LogP contribution < -0.4 is 9.47 Å². The van der Waals surface area contributed by atoms with Crippen molar-refractivity contribution in [1.29, 1.82) is 0 Å². The zero-order valence-corrected chi connectivity index (χ0v) is 9.31. The van der Waals surface area contributed by atoms with Crippen LogP contribution in [-0.4, -0.2) is 25.1 Å². The van der Waals surface area contributed by atoms with Gasteiger partial charge in [0, 0.05) is 13.2 Å². The lowest BCUT2D eigenvalue weighted by Crippen LogP contribution is -2.03. The highest BCUT2D eigenvalue weighted by atomic mass is 16.7. The van der Waals surface area contributed by atoms with Crippen molar-refractivity contribution < 1.29 is 19.3 Å². The lowest BCUT2D eigenvalue weighted by Gasteiger charge is -2.13. The van der Waals surface area contributed by atoms with Gasteiger partial charge in [0.25, 0.3) is 0 Å². The van der Waals surface area contributed by atoms with Crippen LogP contribution in [-0.2, 0) is 4.74 Å². The fourth-order valence-electron chi connectivity index (χ4n) is 1.59. The second-order valence-corrected chi connectivity index (χ2v) is 3.70. The summed E-state index contributed by atoms with van der Waals surface area (Å²) in [6.45, 7) is 2.99. The van der Waals surface area contributed by atoms with Gasteiger partial charge in [0.05, 0.1) is 6.10 Å². The van der Waals surface area contributed by atoms with E-state index in [9.17, 15) is 0 Å². The molecule has 4 nitrogen and oxygen atoms in total. The summed E-state index contributed by atoms with van der Waals surface area (Å²) in [6.07, 6.45) is 0.663. The first-order valence-electron chi connectivity index (χ1n) is 5.43. The molecule has 0 bridgehead atoms. The highest BCUT2D eigenvalue weighted by Crippen LogP contribution is 2.34. The molecule has 0 amide bonds. The highest BCUT2D eigenvalue weighted by molar-refractivity contribution is 5.44. The van der Waals surface area contributed by atoms with Crippen molar-refractivity contribution in [3.63, 3.8) is 0 Å². The second kappa shape index (κ2) is 5.18. The molecule has 1 aromatic carbocycles. The van der Waals surface area contributed by atoms with Crippen LogP contribution >= 0.6 is 0 Å². The van der Waals surface area contributed by atoms with Gasteiger partial charge in [-0.1, -0.05) is 6.07 Å². The molecule has 0 aliphatic carbocycles. The Morgan fingerprint density at radius 1 is 1.38 bits per heavy atom. The molecule has 0 spiro atoms. The molecule has 1 atom stereocenters. The summed E-state index contributed by atoms with van der Waals surface area (Å²) in [4.78, 5) is 0. The van der Waals surface area contributed by atoms with E-state index >= 15 is 0 Å². The first-order valence-corrected chi connectivity index (χ1v) is 5.43. The monoisotopic (exact) mass is 224 g/mol. The van der Waals surface area contributed by atoms with E-state index in [4.69, 9.17) is 19.3 Å². The van der Waals surface area contributed by atoms with Crippen LogP contribution in [0.5, 0.6) is 11.5 Å². The predicted octanol–water partition coefficient (Wildman–Crippen LogP) is 1.88. The summed E-state index contributed by atoms with van der Waals surface area (Å²) in [5.74, 6) is 1.56. The number of hydrogen-bond donors (Lipinski definition) is 1. The Bertz CT molecular complexity index is 351. The molecule has 1 aliphatic heterocycles. The predicted molar refractivity (Wildman–Crippen MR) is 58.6 cm³/mol. The van der Waals surface area contributed by atoms with Gasteiger partial charge in [0.1, 0.15) is 0 Å². The Morgan fingerprint density at radius 3 is 3.00 bits per heavy atom. The van der Waals surface area contributed by atoms with Crippen LogP contribution in [0, 0.1) is 0 Å². The Hall–Kier alpha value is -1.26. The normalized spacial score (nSPS) is 15.1. The van der Waals surface area contributed by atoms with Crippen molar-refractivity contribution in [1.82, 2.24) is 0 Å². The van der Waals surface area contributed by atoms with Gasteiger partial charge >= 0.3 is 0 Å². The maximum Gasteiger partial charge on any atom is 0.231 e. The van der Waals surface area contributed by atoms with E-state index < -0.39 is 0 Å². The fraction of sp³-hybridized carbons (Fsp3) is 0.500. The third-order valence-corrected chi connectivity index (χ3v) is 2.54. The molecule has 88 valence electrons. The lowest BCUT2D eigenvalue weighted by atomic mass is 10.1. The molecule has 1 unspecified atom stereocenters. The van der Waals surface area contributed by atoms with E-state index in [0.29, 0.717) is 19.8 Å². The van der Waals surface area contributed by atoms with Crippen molar-refractivity contribution >= 4 is 0 Å². The number of benzene rings is 1. The molecule has 1 aliphatic rings. The molecule has 1 heterocycles. The fourth-order valence-corrected chi connectivity index (χ4v) is 1.59. The van der Waals surface area contributed by atoms with Crippen LogP contribution in [0.25, 0.3) is 0 Å². The van der Waals surface area contributed by atoms with Crippen molar-refractivity contribution in [3.8, 4) is 11.5 Å². The van der Waals surface area contributed by atoms with Crippen molar-refractivity contribution in [2.24, 2.45) is 0 Å². The zero-order valence-electron chi connectivity index (χ0n) is 9.31. The minimum atomic E-state index is 0.000972. The minimum absolute atomic E-state index is 0.000972.